The highest BCUT2D eigenvalue weighted by Gasteiger charge is 2.49. The van der Waals surface area contributed by atoms with E-state index in [-0.39, 0.29) is 11.3 Å². The third kappa shape index (κ3) is 2.28. The highest BCUT2D eigenvalue weighted by atomic mass is 19.1. The van der Waals surface area contributed by atoms with Crippen molar-refractivity contribution in [1.29, 1.82) is 0 Å². The molecule has 0 saturated heterocycles. The van der Waals surface area contributed by atoms with Crippen molar-refractivity contribution < 1.29 is 8.78 Å². The first-order valence-electron chi connectivity index (χ1n) is 6.65. The summed E-state index contributed by atoms with van der Waals surface area (Å²) in [5.41, 5.74) is 0.671. The van der Waals surface area contributed by atoms with Crippen molar-refractivity contribution in [2.45, 2.75) is 45.6 Å². The SMILES string of the molecule is CCCNC1CC(c2ccc(F)cc2F)C1(C)C. The van der Waals surface area contributed by atoms with Crippen LogP contribution in [-0.4, -0.2) is 12.6 Å². The zero-order valence-electron chi connectivity index (χ0n) is 11.3. The largest absolute Gasteiger partial charge is 0.313 e. The molecule has 100 valence electrons. The lowest BCUT2D eigenvalue weighted by Crippen LogP contribution is -2.55. The van der Waals surface area contributed by atoms with Crippen LogP contribution in [-0.2, 0) is 0 Å². The Morgan fingerprint density at radius 2 is 2.06 bits per heavy atom. The van der Waals surface area contributed by atoms with Gasteiger partial charge in [0, 0.05) is 12.1 Å². The maximum atomic E-state index is 13.8. The number of hydrogen-bond donors (Lipinski definition) is 1. The summed E-state index contributed by atoms with van der Waals surface area (Å²) in [5.74, 6) is -0.747. The van der Waals surface area contributed by atoms with Gasteiger partial charge in [0.05, 0.1) is 0 Å². The predicted octanol–water partition coefficient (Wildman–Crippen LogP) is 3.85. The van der Waals surface area contributed by atoms with Crippen molar-refractivity contribution in [3.05, 3.63) is 35.4 Å². The molecule has 18 heavy (non-hydrogen) atoms. The predicted molar refractivity (Wildman–Crippen MR) is 69.6 cm³/mol. The summed E-state index contributed by atoms with van der Waals surface area (Å²) in [6.07, 6.45) is 2.03. The minimum absolute atomic E-state index is 0.0217. The average molecular weight is 253 g/mol. The summed E-state index contributed by atoms with van der Waals surface area (Å²) in [7, 11) is 0. The lowest BCUT2D eigenvalue weighted by molar-refractivity contribution is 0.0671. The molecular weight excluding hydrogens is 232 g/mol. The molecule has 0 bridgehead atoms. The van der Waals surface area contributed by atoms with Crippen LogP contribution in [0.4, 0.5) is 8.78 Å². The van der Waals surface area contributed by atoms with E-state index >= 15 is 0 Å². The number of benzene rings is 1. The molecule has 3 heteroatoms. The first-order chi connectivity index (χ1) is 8.46. The molecule has 2 unspecified atom stereocenters. The van der Waals surface area contributed by atoms with Crippen molar-refractivity contribution in [3.8, 4) is 0 Å². The molecule has 1 aliphatic carbocycles. The maximum absolute atomic E-state index is 13.8. The van der Waals surface area contributed by atoms with Gasteiger partial charge in [-0.3, -0.25) is 0 Å². The van der Waals surface area contributed by atoms with Crippen molar-refractivity contribution in [3.63, 3.8) is 0 Å². The van der Waals surface area contributed by atoms with Crippen LogP contribution in [0.1, 0.15) is 45.1 Å². The smallest absolute Gasteiger partial charge is 0.129 e. The highest BCUT2D eigenvalue weighted by molar-refractivity contribution is 5.29. The van der Waals surface area contributed by atoms with E-state index in [4.69, 9.17) is 0 Å². The van der Waals surface area contributed by atoms with Gasteiger partial charge in [-0.25, -0.2) is 8.78 Å². The minimum Gasteiger partial charge on any atom is -0.313 e. The first kappa shape index (κ1) is 13.5. The fraction of sp³-hybridized carbons (Fsp3) is 0.600. The Hall–Kier alpha value is -0.960. The maximum Gasteiger partial charge on any atom is 0.129 e. The summed E-state index contributed by atoms with van der Waals surface area (Å²) in [5, 5.41) is 3.49. The average Bonchev–Trinajstić information content (AvgIpc) is 2.30. The normalized spacial score (nSPS) is 25.8. The lowest BCUT2D eigenvalue weighted by atomic mass is 9.56. The van der Waals surface area contributed by atoms with Crippen LogP contribution in [0.25, 0.3) is 0 Å². The topological polar surface area (TPSA) is 12.0 Å². The second kappa shape index (κ2) is 4.96. The fourth-order valence-corrected chi connectivity index (χ4v) is 2.90. The Morgan fingerprint density at radius 1 is 1.33 bits per heavy atom. The Bertz CT molecular complexity index is 429. The third-order valence-electron chi connectivity index (χ3n) is 4.25. The Balaban J connectivity index is 2.12. The molecule has 1 saturated carbocycles. The summed E-state index contributed by atoms with van der Waals surface area (Å²) in [6, 6.07) is 4.35. The molecule has 1 aromatic carbocycles. The zero-order valence-corrected chi connectivity index (χ0v) is 11.3. The van der Waals surface area contributed by atoms with Gasteiger partial charge in [-0.05, 0) is 42.3 Å². The van der Waals surface area contributed by atoms with Crippen LogP contribution in [0, 0.1) is 17.0 Å². The molecule has 2 rings (SSSR count). The van der Waals surface area contributed by atoms with Crippen LogP contribution in [0.15, 0.2) is 18.2 Å². The molecule has 0 heterocycles. The van der Waals surface area contributed by atoms with E-state index in [2.05, 4.69) is 26.1 Å². The van der Waals surface area contributed by atoms with Crippen molar-refractivity contribution in [2.24, 2.45) is 5.41 Å². The zero-order chi connectivity index (χ0) is 13.3. The van der Waals surface area contributed by atoms with E-state index in [9.17, 15) is 8.78 Å². The van der Waals surface area contributed by atoms with Crippen molar-refractivity contribution in [1.82, 2.24) is 5.32 Å². The molecule has 1 N–H and O–H groups in total. The van der Waals surface area contributed by atoms with E-state index in [1.807, 2.05) is 0 Å². The van der Waals surface area contributed by atoms with Crippen LogP contribution >= 0.6 is 0 Å². The highest BCUT2D eigenvalue weighted by Crippen LogP contribution is 2.52. The van der Waals surface area contributed by atoms with Gasteiger partial charge in [0.25, 0.3) is 0 Å². The first-order valence-corrected chi connectivity index (χ1v) is 6.65. The standard InChI is InChI=1S/C15H21F2N/c1-4-7-18-14-9-12(15(14,2)3)11-6-5-10(16)8-13(11)17/h5-6,8,12,14,18H,4,7,9H2,1-3H3. The van der Waals surface area contributed by atoms with Gasteiger partial charge in [-0.1, -0.05) is 26.8 Å². The minimum atomic E-state index is -0.506. The van der Waals surface area contributed by atoms with Crippen LogP contribution in [0.2, 0.25) is 0 Å². The summed E-state index contributed by atoms with van der Waals surface area (Å²) in [6.45, 7) is 7.43. The molecular formula is C15H21F2N. The fourth-order valence-electron chi connectivity index (χ4n) is 2.90. The Morgan fingerprint density at radius 3 is 2.61 bits per heavy atom. The van der Waals surface area contributed by atoms with Gasteiger partial charge in [-0.2, -0.15) is 0 Å². The van der Waals surface area contributed by atoms with Crippen LogP contribution < -0.4 is 5.32 Å². The molecule has 2 atom stereocenters. The number of nitrogens with one attached hydrogen (secondary N) is 1. The van der Waals surface area contributed by atoms with Gasteiger partial charge in [-0.15, -0.1) is 0 Å². The summed E-state index contributed by atoms with van der Waals surface area (Å²) in [4.78, 5) is 0. The quantitative estimate of drug-likeness (QED) is 0.859. The van der Waals surface area contributed by atoms with E-state index in [1.54, 1.807) is 6.07 Å². The molecule has 1 fully saturated rings. The van der Waals surface area contributed by atoms with E-state index in [1.165, 1.54) is 6.07 Å². The van der Waals surface area contributed by atoms with Crippen LogP contribution in [0.5, 0.6) is 0 Å². The number of halogens is 2. The molecule has 0 aromatic heterocycles. The Labute approximate surface area is 108 Å². The molecule has 1 aromatic rings. The number of hydrogen-bond acceptors (Lipinski definition) is 1. The molecule has 0 spiro atoms. The molecule has 0 amide bonds. The van der Waals surface area contributed by atoms with Gasteiger partial charge in [0.1, 0.15) is 11.6 Å². The lowest BCUT2D eigenvalue weighted by Gasteiger charge is -2.53. The van der Waals surface area contributed by atoms with Gasteiger partial charge in [0.2, 0.25) is 0 Å². The Kier molecular flexibility index (Phi) is 3.71. The van der Waals surface area contributed by atoms with Gasteiger partial charge >= 0.3 is 0 Å². The molecule has 0 radical (unpaired) electrons. The van der Waals surface area contributed by atoms with E-state index < -0.39 is 11.6 Å². The van der Waals surface area contributed by atoms with Gasteiger partial charge in [0.15, 0.2) is 0 Å². The van der Waals surface area contributed by atoms with Crippen LogP contribution in [0.3, 0.4) is 0 Å². The second-order valence-corrected chi connectivity index (χ2v) is 5.78. The summed E-state index contributed by atoms with van der Waals surface area (Å²) < 4.78 is 26.7. The van der Waals surface area contributed by atoms with Crippen molar-refractivity contribution >= 4 is 0 Å². The third-order valence-corrected chi connectivity index (χ3v) is 4.25. The van der Waals surface area contributed by atoms with E-state index in [0.29, 0.717) is 11.6 Å². The number of rotatable bonds is 4. The molecule has 1 aliphatic rings. The molecule has 0 aliphatic heterocycles. The van der Waals surface area contributed by atoms with E-state index in [0.717, 1.165) is 25.5 Å². The second-order valence-electron chi connectivity index (χ2n) is 5.78. The van der Waals surface area contributed by atoms with Gasteiger partial charge < -0.3 is 5.32 Å². The summed E-state index contributed by atoms with van der Waals surface area (Å²) >= 11 is 0. The van der Waals surface area contributed by atoms with Crippen molar-refractivity contribution in [2.75, 3.05) is 6.54 Å². The molecule has 1 nitrogen and oxygen atoms in total. The monoisotopic (exact) mass is 253 g/mol.